The number of imidazole rings is 1. The molecule has 2 N–H and O–H groups in total. The molecule has 0 saturated carbocycles. The van der Waals surface area contributed by atoms with Crippen LogP contribution in [0.25, 0.3) is 22.4 Å². The van der Waals surface area contributed by atoms with Gasteiger partial charge in [-0.25, -0.2) is 4.98 Å². The van der Waals surface area contributed by atoms with Gasteiger partial charge in [0, 0.05) is 50.4 Å². The molecule has 6 nitrogen and oxygen atoms in total. The van der Waals surface area contributed by atoms with Gasteiger partial charge in [0.1, 0.15) is 5.82 Å². The second-order valence-electron chi connectivity index (χ2n) is 14.2. The van der Waals surface area contributed by atoms with E-state index in [1.54, 1.807) is 14.2 Å². The molecule has 1 aliphatic rings. The van der Waals surface area contributed by atoms with Crippen LogP contribution in [0.2, 0.25) is 0 Å². The number of ether oxygens (including phenoxy) is 2. The van der Waals surface area contributed by atoms with Gasteiger partial charge >= 0.3 is 0 Å². The van der Waals surface area contributed by atoms with Crippen molar-refractivity contribution in [2.24, 2.45) is 17.8 Å². The molecule has 0 bridgehead atoms. The second kappa shape index (κ2) is 17.4. The number of fused-ring (bicyclic) bond motifs is 3. The summed E-state index contributed by atoms with van der Waals surface area (Å²) in [4.78, 5) is 21.9. The van der Waals surface area contributed by atoms with Crippen LogP contribution < -0.4 is 5.32 Å². The molecule has 2 aromatic carbocycles. The molecule has 0 saturated heterocycles. The van der Waals surface area contributed by atoms with Gasteiger partial charge in [-0.05, 0) is 83.5 Å². The summed E-state index contributed by atoms with van der Waals surface area (Å²) >= 11 is 0. The number of hydrogen-bond donors (Lipinski definition) is 2. The third kappa shape index (κ3) is 8.56. The molecule has 1 aliphatic carbocycles. The number of nitrogens with one attached hydrogen (secondary N) is 2. The van der Waals surface area contributed by atoms with E-state index in [-0.39, 0.29) is 17.2 Å². The predicted molar refractivity (Wildman–Crippen MR) is 196 cm³/mol. The fraction of sp³-hybridized carbons (Fsp3) is 0.610. The Morgan fingerprint density at radius 3 is 2.04 bits per heavy atom. The number of nitrogens with zero attached hydrogens (tertiary/aromatic N) is 1. The zero-order valence-electron chi connectivity index (χ0n) is 30.5. The third-order valence-electron chi connectivity index (χ3n) is 10.7. The SMILES string of the molecule is CCCCC1(CCCC)c2cc(NC(=O)[C@@H](C)C[C@@H](CC)COC)ccc2-c2ccc(-c3cnc([C@@H](C)C[C@@H](CC)COC)[nH]3)cc21. The van der Waals surface area contributed by atoms with Gasteiger partial charge in [-0.15, -0.1) is 0 Å². The van der Waals surface area contributed by atoms with Crippen LogP contribution in [0.15, 0.2) is 42.6 Å². The van der Waals surface area contributed by atoms with E-state index in [0.29, 0.717) is 24.4 Å². The van der Waals surface area contributed by atoms with Crippen LogP contribution in [0.1, 0.15) is 129 Å². The van der Waals surface area contributed by atoms with Crippen LogP contribution in [0.5, 0.6) is 0 Å². The summed E-state index contributed by atoms with van der Waals surface area (Å²) in [5.74, 6) is 2.30. The maximum Gasteiger partial charge on any atom is 0.227 e. The minimum Gasteiger partial charge on any atom is -0.384 e. The largest absolute Gasteiger partial charge is 0.384 e. The summed E-state index contributed by atoms with van der Waals surface area (Å²) in [5.41, 5.74) is 8.49. The van der Waals surface area contributed by atoms with E-state index in [4.69, 9.17) is 14.5 Å². The summed E-state index contributed by atoms with van der Waals surface area (Å²) in [5, 5.41) is 3.29. The lowest BCUT2D eigenvalue weighted by molar-refractivity contribution is -0.120. The molecule has 0 aliphatic heterocycles. The van der Waals surface area contributed by atoms with Gasteiger partial charge in [-0.1, -0.05) is 98.3 Å². The highest BCUT2D eigenvalue weighted by atomic mass is 16.5. The highest BCUT2D eigenvalue weighted by molar-refractivity contribution is 5.94. The minimum atomic E-state index is -0.0878. The van der Waals surface area contributed by atoms with Crippen molar-refractivity contribution in [1.29, 1.82) is 0 Å². The van der Waals surface area contributed by atoms with E-state index in [1.165, 1.54) is 27.8 Å². The van der Waals surface area contributed by atoms with E-state index in [1.807, 2.05) is 13.1 Å². The summed E-state index contributed by atoms with van der Waals surface area (Å²) in [6.07, 6.45) is 12.8. The quantitative estimate of drug-likeness (QED) is 0.128. The molecule has 4 rings (SSSR count). The van der Waals surface area contributed by atoms with Crippen molar-refractivity contribution in [2.45, 2.75) is 117 Å². The third-order valence-corrected chi connectivity index (χ3v) is 10.7. The van der Waals surface area contributed by atoms with Crippen molar-refractivity contribution in [3.8, 4) is 22.4 Å². The smallest absolute Gasteiger partial charge is 0.227 e. The van der Waals surface area contributed by atoms with Crippen LogP contribution >= 0.6 is 0 Å². The highest BCUT2D eigenvalue weighted by Gasteiger charge is 2.42. The summed E-state index contributed by atoms with van der Waals surface area (Å²) in [6.45, 7) is 14.8. The molecule has 1 heterocycles. The summed E-state index contributed by atoms with van der Waals surface area (Å²) in [6, 6.07) is 13.6. The Labute approximate surface area is 284 Å². The average molecular weight is 644 g/mol. The number of H-pyrrole nitrogens is 1. The Hall–Kier alpha value is -2.96. The van der Waals surface area contributed by atoms with E-state index in [0.717, 1.165) is 88.0 Å². The fourth-order valence-electron chi connectivity index (χ4n) is 7.76. The van der Waals surface area contributed by atoms with Gasteiger partial charge in [0.25, 0.3) is 0 Å². The first-order valence-electron chi connectivity index (χ1n) is 18.4. The Morgan fingerprint density at radius 2 is 1.45 bits per heavy atom. The molecule has 1 amide bonds. The monoisotopic (exact) mass is 643 g/mol. The summed E-state index contributed by atoms with van der Waals surface area (Å²) in [7, 11) is 3.53. The molecule has 0 spiro atoms. The van der Waals surface area contributed by atoms with Crippen molar-refractivity contribution < 1.29 is 14.3 Å². The average Bonchev–Trinajstić information content (AvgIpc) is 3.68. The molecular weight excluding hydrogens is 582 g/mol. The van der Waals surface area contributed by atoms with Crippen molar-refractivity contribution in [3.05, 3.63) is 59.5 Å². The first kappa shape index (κ1) is 36.9. The van der Waals surface area contributed by atoms with Gasteiger partial charge in [0.15, 0.2) is 0 Å². The Kier molecular flexibility index (Phi) is 13.7. The molecule has 4 atom stereocenters. The zero-order chi connectivity index (χ0) is 34.0. The van der Waals surface area contributed by atoms with Gasteiger partial charge < -0.3 is 19.8 Å². The fourth-order valence-corrected chi connectivity index (χ4v) is 7.76. The van der Waals surface area contributed by atoms with Crippen molar-refractivity contribution >= 4 is 11.6 Å². The molecule has 258 valence electrons. The van der Waals surface area contributed by atoms with Crippen LogP contribution in [-0.4, -0.2) is 43.3 Å². The Morgan fingerprint density at radius 1 is 0.851 bits per heavy atom. The maximum atomic E-state index is 13.4. The molecule has 0 unspecified atom stereocenters. The Bertz CT molecular complexity index is 1420. The van der Waals surface area contributed by atoms with Gasteiger partial charge in [0.05, 0.1) is 11.9 Å². The number of benzene rings is 2. The highest BCUT2D eigenvalue weighted by Crippen LogP contribution is 2.55. The van der Waals surface area contributed by atoms with Gasteiger partial charge in [0.2, 0.25) is 5.91 Å². The number of anilines is 1. The van der Waals surface area contributed by atoms with E-state index in [9.17, 15) is 4.79 Å². The van der Waals surface area contributed by atoms with E-state index < -0.39 is 0 Å². The first-order valence-corrected chi connectivity index (χ1v) is 18.4. The predicted octanol–water partition coefficient (Wildman–Crippen LogP) is 10.5. The molecule has 47 heavy (non-hydrogen) atoms. The number of unbranched alkanes of at least 4 members (excludes halogenated alkanes) is 2. The Balaban J connectivity index is 1.68. The molecule has 3 aromatic rings. The molecular formula is C41H61N3O3. The summed E-state index contributed by atoms with van der Waals surface area (Å²) < 4.78 is 10.9. The zero-order valence-corrected chi connectivity index (χ0v) is 30.5. The topological polar surface area (TPSA) is 76.2 Å². The number of amides is 1. The second-order valence-corrected chi connectivity index (χ2v) is 14.2. The normalized spacial score (nSPS) is 15.9. The lowest BCUT2D eigenvalue weighted by Crippen LogP contribution is -2.26. The number of rotatable bonds is 20. The lowest BCUT2D eigenvalue weighted by atomic mass is 9.70. The number of aromatic nitrogens is 2. The van der Waals surface area contributed by atoms with Crippen LogP contribution in [0, 0.1) is 17.8 Å². The number of carbonyl (C=O) groups excluding carboxylic acids is 1. The number of carbonyl (C=O) groups is 1. The maximum absolute atomic E-state index is 13.4. The van der Waals surface area contributed by atoms with Gasteiger partial charge in [-0.3, -0.25) is 4.79 Å². The molecule has 0 radical (unpaired) electrons. The van der Waals surface area contributed by atoms with Crippen molar-refractivity contribution in [1.82, 2.24) is 9.97 Å². The van der Waals surface area contributed by atoms with Crippen molar-refractivity contribution in [3.63, 3.8) is 0 Å². The van der Waals surface area contributed by atoms with Crippen LogP contribution in [0.4, 0.5) is 5.69 Å². The molecule has 6 heteroatoms. The number of methoxy groups -OCH3 is 2. The minimum absolute atomic E-state index is 0.0806. The van der Waals surface area contributed by atoms with E-state index in [2.05, 4.69) is 81.3 Å². The van der Waals surface area contributed by atoms with Gasteiger partial charge in [-0.2, -0.15) is 0 Å². The standard InChI is InChI=1S/C41H61N3O3/c1-9-13-19-41(20-14-10-2)36-23-32(38-25-42-39(44-38)28(5)21-30(11-3)26-46-7)15-17-34(36)35-18-16-33(24-37(35)41)43-40(45)29(6)22-31(12-4)27-47-8/h15-18,23-25,28-31H,9-14,19-22,26-27H2,1-8H3,(H,42,44)(H,43,45)/t28-,29-,30+,31+/m0/s1. The van der Waals surface area contributed by atoms with Crippen LogP contribution in [-0.2, 0) is 19.7 Å². The first-order chi connectivity index (χ1) is 22.7. The lowest BCUT2D eigenvalue weighted by Gasteiger charge is -2.33. The number of hydrogen-bond acceptors (Lipinski definition) is 4. The molecule has 0 fully saturated rings. The van der Waals surface area contributed by atoms with Crippen LogP contribution in [0.3, 0.4) is 0 Å². The molecule has 1 aromatic heterocycles. The van der Waals surface area contributed by atoms with Crippen molar-refractivity contribution in [2.75, 3.05) is 32.8 Å². The van der Waals surface area contributed by atoms with E-state index >= 15 is 0 Å². The number of aromatic amines is 1.